The van der Waals surface area contributed by atoms with Gasteiger partial charge in [0.1, 0.15) is 5.75 Å². The number of benzene rings is 1. The van der Waals surface area contributed by atoms with Crippen molar-refractivity contribution in [2.24, 2.45) is 0 Å². The summed E-state index contributed by atoms with van der Waals surface area (Å²) < 4.78 is 129. The minimum absolute atomic E-state index is 0. The molecule has 0 unspecified atom stereocenters. The molecule has 5 aromatic heterocycles. The van der Waals surface area contributed by atoms with Crippen LogP contribution in [0.2, 0.25) is 0 Å². The molecule has 0 aliphatic rings. The fourth-order valence-corrected chi connectivity index (χ4v) is 4.04. The van der Waals surface area contributed by atoms with E-state index >= 15 is 0 Å². The van der Waals surface area contributed by atoms with Crippen LogP contribution in [0.4, 0.5) is 26.3 Å². The largest absolute Gasteiger partial charge is 2.00 e. The number of para-hydroxylation sites is 1. The monoisotopic (exact) mass is 982 g/mol. The normalized spacial score (nSPS) is 10.7. The standard InChI is InChI=1S/C17H15N3O.C16H14N2O.2CHF3O3S.3H2O.Ru/c1-2-21-13-11-16(14-7-3-5-9-18-14)20-17(12-13)15-8-4-6-10-19-15;1-2-19-16-9-5-8-14(18-16)15-11-10-12-6-3-4-7-13(12)17-15;2*2-1(3,4)8(5,6)7;;;;/h3-12H,2H2,1H3;3-11H,2H2,1H3;2*(H,5,6,7);3*1H2;/q;;;;;;;+2/p-1. The molecule has 60 heavy (non-hydrogen) atoms. The van der Waals surface area contributed by atoms with E-state index in [4.69, 9.17) is 35.4 Å². The van der Waals surface area contributed by atoms with Crippen molar-refractivity contribution >= 4 is 31.1 Å². The molecule has 0 bridgehead atoms. The third-order valence-corrected chi connectivity index (χ3v) is 7.54. The van der Waals surface area contributed by atoms with Crippen LogP contribution in [0.1, 0.15) is 13.8 Å². The summed E-state index contributed by atoms with van der Waals surface area (Å²) in [5.74, 6) is 1.41. The smallest absolute Gasteiger partial charge is 0.741 e. The molecule has 0 saturated carbocycles. The van der Waals surface area contributed by atoms with Crippen LogP contribution in [-0.2, 0) is 45.2 Å². The molecule has 0 aliphatic carbocycles. The second-order valence-electron chi connectivity index (χ2n) is 10.4. The van der Waals surface area contributed by atoms with E-state index in [-0.39, 0.29) is 35.9 Å². The first-order valence-electron chi connectivity index (χ1n) is 15.7. The summed E-state index contributed by atoms with van der Waals surface area (Å²) in [6, 6.07) is 33.2. The molecule has 328 valence electrons. The Balaban J connectivity index is 0. The first kappa shape index (κ1) is 56.8. The summed E-state index contributed by atoms with van der Waals surface area (Å²) in [6.07, 6.45) is 3.51. The molecule has 0 spiro atoms. The number of pyridine rings is 5. The van der Waals surface area contributed by atoms with E-state index in [1.54, 1.807) is 12.4 Å². The summed E-state index contributed by atoms with van der Waals surface area (Å²) in [6.45, 7) is 5.12. The maximum atomic E-state index is 10.7. The SMILES string of the molecule is CCOc1cc(-c2ccccn2)nc(-c2ccccn2)c1.CCOc1cccc(-c2ccc3ccccc3n2)n1.O.O.O=S(=O)([O-])C(F)(F)F.O=S(=O)([O-])C(F)(F)F.[OH3+].[Ru+2]. The number of rotatable bonds is 7. The number of ether oxygens (including phenoxy) is 2. The molecule has 6 rings (SSSR count). The predicted octanol–water partition coefficient (Wildman–Crippen LogP) is 4.83. The molecule has 1 aromatic carbocycles. The zero-order valence-corrected chi connectivity index (χ0v) is 34.3. The Morgan fingerprint density at radius 3 is 1.42 bits per heavy atom. The Kier molecular flexibility index (Phi) is 24.0. The van der Waals surface area contributed by atoms with Gasteiger partial charge in [0.25, 0.3) is 0 Å². The molecule has 25 heteroatoms. The molecule has 5 heterocycles. The average molecular weight is 982 g/mol. The second-order valence-corrected chi connectivity index (χ2v) is 13.2. The molecule has 0 fully saturated rings. The number of hydrogen-bond donors (Lipinski definition) is 0. The van der Waals surface area contributed by atoms with Crippen molar-refractivity contribution in [3.63, 3.8) is 0 Å². The molecular weight excluding hydrogens is 946 g/mol. The Morgan fingerprint density at radius 2 is 0.983 bits per heavy atom. The van der Waals surface area contributed by atoms with E-state index in [1.165, 1.54) is 0 Å². The Hall–Kier alpha value is -5.27. The quantitative estimate of drug-likeness (QED) is 0.0682. The van der Waals surface area contributed by atoms with Gasteiger partial charge in [-0.25, -0.2) is 31.8 Å². The van der Waals surface area contributed by atoms with Crippen molar-refractivity contribution in [3.05, 3.63) is 116 Å². The predicted molar refractivity (Wildman–Crippen MR) is 202 cm³/mol. The van der Waals surface area contributed by atoms with E-state index < -0.39 is 31.3 Å². The van der Waals surface area contributed by atoms with Crippen LogP contribution in [0.15, 0.2) is 116 Å². The average Bonchev–Trinajstić information content (AvgIpc) is 3.15. The van der Waals surface area contributed by atoms with Crippen LogP contribution in [0.5, 0.6) is 11.6 Å². The third-order valence-electron chi connectivity index (χ3n) is 6.41. The van der Waals surface area contributed by atoms with Crippen LogP contribution < -0.4 is 9.47 Å². The van der Waals surface area contributed by atoms with Gasteiger partial charge in [0.05, 0.1) is 52.9 Å². The molecule has 0 radical (unpaired) electrons. The van der Waals surface area contributed by atoms with Gasteiger partial charge < -0.3 is 35.0 Å². The van der Waals surface area contributed by atoms with Crippen molar-refractivity contribution in [1.29, 1.82) is 0 Å². The zero-order chi connectivity index (χ0) is 41.6. The second kappa shape index (κ2) is 25.4. The van der Waals surface area contributed by atoms with Crippen LogP contribution in [0.25, 0.3) is 45.1 Å². The Labute approximate surface area is 351 Å². The van der Waals surface area contributed by atoms with Crippen molar-refractivity contribution < 1.29 is 97.7 Å². The summed E-state index contributed by atoms with van der Waals surface area (Å²) >= 11 is 0. The molecular formula is C35H36F6N5O11RuS2+. The fourth-order valence-electron chi connectivity index (χ4n) is 4.04. The molecule has 0 aliphatic heterocycles. The van der Waals surface area contributed by atoms with Crippen molar-refractivity contribution in [1.82, 2.24) is 24.9 Å². The Morgan fingerprint density at radius 1 is 0.550 bits per heavy atom. The van der Waals surface area contributed by atoms with E-state index in [9.17, 15) is 26.3 Å². The van der Waals surface area contributed by atoms with Gasteiger partial charge in [-0.15, -0.1) is 0 Å². The number of alkyl halides is 6. The maximum absolute atomic E-state index is 10.7. The number of nitrogens with zero attached hydrogens (tertiary/aromatic N) is 5. The van der Waals surface area contributed by atoms with Crippen molar-refractivity contribution in [3.8, 4) is 45.8 Å². The molecule has 0 amide bonds. The first-order chi connectivity index (χ1) is 26.2. The van der Waals surface area contributed by atoms with Gasteiger partial charge in [-0.2, -0.15) is 26.3 Å². The van der Waals surface area contributed by atoms with E-state index in [2.05, 4.69) is 37.1 Å². The minimum atomic E-state index is -6.09. The summed E-state index contributed by atoms with van der Waals surface area (Å²) in [7, 11) is -12.2. The number of hydrogen-bond acceptors (Lipinski definition) is 13. The summed E-state index contributed by atoms with van der Waals surface area (Å²) in [5.41, 5.74) is -5.43. The van der Waals surface area contributed by atoms with Gasteiger partial charge in [0.15, 0.2) is 20.2 Å². The van der Waals surface area contributed by atoms with Gasteiger partial charge in [0.2, 0.25) is 5.88 Å². The summed E-state index contributed by atoms with van der Waals surface area (Å²) in [4.78, 5) is 22.4. The van der Waals surface area contributed by atoms with Crippen LogP contribution in [0.3, 0.4) is 0 Å². The van der Waals surface area contributed by atoms with Gasteiger partial charge >= 0.3 is 30.5 Å². The molecule has 16 nitrogen and oxygen atoms in total. The number of halogens is 6. The fraction of sp³-hybridized carbons (Fsp3) is 0.171. The van der Waals surface area contributed by atoms with Crippen molar-refractivity contribution in [2.75, 3.05) is 13.2 Å². The molecule has 0 saturated heterocycles. The van der Waals surface area contributed by atoms with Crippen LogP contribution in [-0.4, -0.2) is 86.0 Å². The molecule has 0 atom stereocenters. The van der Waals surface area contributed by atoms with Gasteiger partial charge in [-0.05, 0) is 56.3 Å². The van der Waals surface area contributed by atoms with E-state index in [1.807, 2.05) is 105 Å². The summed E-state index contributed by atoms with van der Waals surface area (Å²) in [5, 5.41) is 1.13. The van der Waals surface area contributed by atoms with Crippen LogP contribution >= 0.6 is 0 Å². The van der Waals surface area contributed by atoms with Gasteiger partial charge in [0, 0.05) is 36.0 Å². The van der Waals surface area contributed by atoms with E-state index in [0.29, 0.717) is 19.1 Å². The number of fused-ring (bicyclic) bond motifs is 1. The van der Waals surface area contributed by atoms with Crippen LogP contribution in [0, 0.1) is 0 Å². The third kappa shape index (κ3) is 17.9. The maximum Gasteiger partial charge on any atom is 2.00 e. The topological polar surface area (TPSA) is 293 Å². The number of aromatic nitrogens is 5. The van der Waals surface area contributed by atoms with E-state index in [0.717, 1.165) is 50.8 Å². The molecule has 7 N–H and O–H groups in total. The van der Waals surface area contributed by atoms with Gasteiger partial charge in [-0.1, -0.05) is 42.5 Å². The molecule has 6 aromatic rings. The minimum Gasteiger partial charge on any atom is -0.741 e. The van der Waals surface area contributed by atoms with Crippen molar-refractivity contribution in [2.45, 2.75) is 24.9 Å². The Bertz CT molecular complexity index is 2310. The van der Waals surface area contributed by atoms with Gasteiger partial charge in [-0.3, -0.25) is 9.97 Å². The first-order valence-corrected chi connectivity index (χ1v) is 18.5. The zero-order valence-electron chi connectivity index (χ0n) is 30.9.